The van der Waals surface area contributed by atoms with Gasteiger partial charge in [-0.15, -0.1) is 32.9 Å². The molecule has 0 N–H and O–H groups in total. The summed E-state index contributed by atoms with van der Waals surface area (Å²) in [6.07, 6.45) is 0. The number of hydrogen-bond acceptors (Lipinski definition) is 6. The summed E-state index contributed by atoms with van der Waals surface area (Å²) in [6, 6.07) is 6.59. The molecule has 0 aliphatic rings. The van der Waals surface area contributed by atoms with Gasteiger partial charge >= 0.3 is 0 Å². The molecule has 0 saturated carbocycles. The molecule has 0 amide bonds. The Balaban J connectivity index is 1.76. The van der Waals surface area contributed by atoms with Gasteiger partial charge in [-0.05, 0) is 44.5 Å². The molecule has 1 unspecified atom stereocenters. The second kappa shape index (κ2) is 6.05. The number of thiophene rings is 2. The molecule has 4 aromatic heterocycles. The molecule has 0 aromatic carbocycles. The topological polar surface area (TPSA) is 55.4 Å². The van der Waals surface area contributed by atoms with Gasteiger partial charge in [0.15, 0.2) is 5.82 Å². The Morgan fingerprint density at radius 2 is 2.08 bits per heavy atom. The van der Waals surface area contributed by atoms with Crippen molar-refractivity contribution in [1.29, 1.82) is 0 Å². The summed E-state index contributed by atoms with van der Waals surface area (Å²) >= 11 is 3.28. The van der Waals surface area contributed by atoms with E-state index >= 15 is 0 Å². The van der Waals surface area contributed by atoms with Crippen LogP contribution in [0, 0.1) is 6.92 Å². The maximum absolute atomic E-state index is 12.4. The van der Waals surface area contributed by atoms with Crippen molar-refractivity contribution in [3.63, 3.8) is 0 Å². The fourth-order valence-corrected chi connectivity index (χ4v) is 4.86. The molecule has 8 heteroatoms. The van der Waals surface area contributed by atoms with E-state index in [4.69, 9.17) is 0 Å². The van der Waals surface area contributed by atoms with Crippen molar-refractivity contribution in [3.05, 3.63) is 49.5 Å². The molecule has 0 radical (unpaired) electrons. The summed E-state index contributed by atoms with van der Waals surface area (Å²) in [5.41, 5.74) is 0.864. The van der Waals surface area contributed by atoms with Crippen molar-refractivity contribution in [1.82, 2.24) is 24.1 Å². The SMILES string of the molecule is Cc1ccc(C(C)N(C)Cc2nnc3n(C)c(=O)c4sccc4n23)s1. The van der Waals surface area contributed by atoms with E-state index in [1.807, 2.05) is 27.2 Å². The molecule has 4 heterocycles. The van der Waals surface area contributed by atoms with Crippen molar-refractivity contribution in [3.8, 4) is 0 Å². The van der Waals surface area contributed by atoms with Gasteiger partial charge in [0.2, 0.25) is 5.78 Å². The molecule has 6 nitrogen and oxygen atoms in total. The Labute approximate surface area is 153 Å². The summed E-state index contributed by atoms with van der Waals surface area (Å²) in [6.45, 7) is 4.98. The molecule has 0 aliphatic heterocycles. The summed E-state index contributed by atoms with van der Waals surface area (Å²) in [5, 5.41) is 10.6. The first kappa shape index (κ1) is 16.4. The fourth-order valence-electron chi connectivity index (χ4n) is 3.01. The average molecular weight is 374 g/mol. The van der Waals surface area contributed by atoms with Crippen LogP contribution in [0.5, 0.6) is 0 Å². The Bertz CT molecular complexity index is 1120. The summed E-state index contributed by atoms with van der Waals surface area (Å²) in [7, 11) is 3.84. The predicted molar refractivity (Wildman–Crippen MR) is 103 cm³/mol. The molecule has 0 bridgehead atoms. The lowest BCUT2D eigenvalue weighted by Crippen LogP contribution is -2.23. The maximum atomic E-state index is 12.4. The predicted octanol–water partition coefficient (Wildman–Crippen LogP) is 3.21. The van der Waals surface area contributed by atoms with Crippen molar-refractivity contribution >= 4 is 38.7 Å². The Morgan fingerprint density at radius 3 is 2.80 bits per heavy atom. The smallest absolute Gasteiger partial charge is 0.272 e. The molecule has 0 aliphatic carbocycles. The third kappa shape index (κ3) is 2.61. The molecular weight excluding hydrogens is 354 g/mol. The van der Waals surface area contributed by atoms with E-state index in [2.05, 4.69) is 48.1 Å². The lowest BCUT2D eigenvalue weighted by molar-refractivity contribution is 0.249. The number of aromatic nitrogens is 4. The highest BCUT2D eigenvalue weighted by Crippen LogP contribution is 2.27. The first-order valence-electron chi connectivity index (χ1n) is 8.04. The highest BCUT2D eigenvalue weighted by atomic mass is 32.1. The quantitative estimate of drug-likeness (QED) is 0.551. The monoisotopic (exact) mass is 373 g/mol. The zero-order valence-electron chi connectivity index (χ0n) is 14.6. The Kier molecular flexibility index (Phi) is 3.98. The van der Waals surface area contributed by atoms with Gasteiger partial charge < -0.3 is 0 Å². The van der Waals surface area contributed by atoms with Crippen LogP contribution in [0.15, 0.2) is 28.4 Å². The van der Waals surface area contributed by atoms with E-state index in [0.29, 0.717) is 12.3 Å². The standard InChI is InChI=1S/C17H19N5OS2/c1-10-5-6-13(25-10)11(2)20(3)9-14-18-19-17-21(4)16(23)15-12(22(14)17)7-8-24-15/h5-8,11H,9H2,1-4H3. The van der Waals surface area contributed by atoms with E-state index in [0.717, 1.165) is 16.0 Å². The number of aryl methyl sites for hydroxylation is 2. The van der Waals surface area contributed by atoms with Crippen molar-refractivity contribution in [2.45, 2.75) is 26.4 Å². The molecule has 0 spiro atoms. The number of nitrogens with zero attached hydrogens (tertiary/aromatic N) is 5. The lowest BCUT2D eigenvalue weighted by Gasteiger charge is -2.23. The second-order valence-electron chi connectivity index (χ2n) is 6.29. The molecule has 4 aromatic rings. The summed E-state index contributed by atoms with van der Waals surface area (Å²) < 4.78 is 4.30. The molecule has 0 fully saturated rings. The van der Waals surface area contributed by atoms with Gasteiger partial charge in [-0.1, -0.05) is 0 Å². The minimum absolute atomic E-state index is 0.0211. The van der Waals surface area contributed by atoms with Crippen molar-refractivity contribution < 1.29 is 0 Å². The minimum Gasteiger partial charge on any atom is -0.291 e. The van der Waals surface area contributed by atoms with Crippen LogP contribution in [0.1, 0.15) is 28.5 Å². The number of hydrogen-bond donors (Lipinski definition) is 0. The van der Waals surface area contributed by atoms with Crippen molar-refractivity contribution in [2.75, 3.05) is 7.05 Å². The van der Waals surface area contributed by atoms with Crippen LogP contribution in [0.4, 0.5) is 0 Å². The Morgan fingerprint density at radius 1 is 1.28 bits per heavy atom. The zero-order chi connectivity index (χ0) is 17.7. The van der Waals surface area contributed by atoms with Crippen LogP contribution in [0.2, 0.25) is 0 Å². The van der Waals surface area contributed by atoms with E-state index < -0.39 is 0 Å². The van der Waals surface area contributed by atoms with Crippen LogP contribution < -0.4 is 5.56 Å². The number of fused-ring (bicyclic) bond motifs is 3. The van der Waals surface area contributed by atoms with Gasteiger partial charge in [-0.25, -0.2) is 0 Å². The summed E-state index contributed by atoms with van der Waals surface area (Å²) in [4.78, 5) is 17.3. The third-order valence-corrected chi connectivity index (χ3v) is 6.68. The van der Waals surface area contributed by atoms with E-state index in [1.165, 1.54) is 21.1 Å². The van der Waals surface area contributed by atoms with E-state index in [-0.39, 0.29) is 11.6 Å². The number of rotatable bonds is 4. The first-order valence-corrected chi connectivity index (χ1v) is 9.73. The first-order chi connectivity index (χ1) is 12.0. The van der Waals surface area contributed by atoms with Crippen molar-refractivity contribution in [2.24, 2.45) is 7.05 Å². The van der Waals surface area contributed by atoms with Crippen LogP contribution in [0.25, 0.3) is 16.0 Å². The molecule has 1 atom stereocenters. The van der Waals surface area contributed by atoms with Crippen LogP contribution >= 0.6 is 22.7 Å². The van der Waals surface area contributed by atoms with Gasteiger partial charge in [-0.3, -0.25) is 18.7 Å². The van der Waals surface area contributed by atoms with Gasteiger partial charge in [0, 0.05) is 22.8 Å². The summed E-state index contributed by atoms with van der Waals surface area (Å²) in [5.74, 6) is 1.43. The van der Waals surface area contributed by atoms with Gasteiger partial charge in [0.1, 0.15) is 4.70 Å². The normalized spacial score (nSPS) is 13.3. The van der Waals surface area contributed by atoms with Gasteiger partial charge in [0.25, 0.3) is 5.56 Å². The maximum Gasteiger partial charge on any atom is 0.272 e. The molecular formula is C17H19N5OS2. The molecule has 4 rings (SSSR count). The zero-order valence-corrected chi connectivity index (χ0v) is 16.2. The Hall–Kier alpha value is -2.03. The largest absolute Gasteiger partial charge is 0.291 e. The highest BCUT2D eigenvalue weighted by molar-refractivity contribution is 7.17. The van der Waals surface area contributed by atoms with E-state index in [1.54, 1.807) is 11.6 Å². The van der Waals surface area contributed by atoms with Gasteiger partial charge in [-0.2, -0.15) is 0 Å². The molecule has 25 heavy (non-hydrogen) atoms. The second-order valence-corrected chi connectivity index (χ2v) is 8.53. The van der Waals surface area contributed by atoms with Crippen LogP contribution in [0.3, 0.4) is 0 Å². The van der Waals surface area contributed by atoms with Gasteiger partial charge in [0.05, 0.1) is 12.1 Å². The highest BCUT2D eigenvalue weighted by Gasteiger charge is 2.19. The molecule has 0 saturated heterocycles. The average Bonchev–Trinajstić information content (AvgIpc) is 3.30. The van der Waals surface area contributed by atoms with Crippen LogP contribution in [-0.4, -0.2) is 31.1 Å². The molecule has 130 valence electrons. The third-order valence-electron chi connectivity index (χ3n) is 4.62. The lowest BCUT2D eigenvalue weighted by atomic mass is 10.2. The minimum atomic E-state index is -0.0211. The van der Waals surface area contributed by atoms with E-state index in [9.17, 15) is 4.79 Å². The fraction of sp³-hybridized carbons (Fsp3) is 0.353. The van der Waals surface area contributed by atoms with Crippen LogP contribution in [-0.2, 0) is 13.6 Å².